The lowest BCUT2D eigenvalue weighted by Gasteiger charge is -2.15. The number of nitrogens with zero attached hydrogens (tertiary/aromatic N) is 3. The molecule has 5 nitrogen and oxygen atoms in total. The molecule has 2 aliphatic rings. The molecule has 0 atom stereocenters. The van der Waals surface area contributed by atoms with Gasteiger partial charge < -0.3 is 0 Å². The van der Waals surface area contributed by atoms with Gasteiger partial charge in [0.1, 0.15) is 0 Å². The van der Waals surface area contributed by atoms with Crippen LogP contribution in [-0.2, 0) is 30.5 Å². The average molecular weight is 311 g/mol. The van der Waals surface area contributed by atoms with Crippen LogP contribution in [0.3, 0.4) is 0 Å². The predicted molar refractivity (Wildman–Crippen MR) is 86.7 cm³/mol. The lowest BCUT2D eigenvalue weighted by atomic mass is 9.99. The number of hydroxylamine groups is 2. The zero-order valence-electron chi connectivity index (χ0n) is 13.6. The fraction of sp³-hybridized carbons (Fsp3) is 0.444. The zero-order valence-corrected chi connectivity index (χ0v) is 13.6. The lowest BCUT2D eigenvalue weighted by molar-refractivity contribution is -0.0760. The predicted octanol–water partition coefficient (Wildman–Crippen LogP) is 2.48. The van der Waals surface area contributed by atoms with E-state index in [1.807, 2.05) is 10.9 Å². The van der Waals surface area contributed by atoms with Gasteiger partial charge in [-0.3, -0.25) is 9.63 Å². The van der Waals surface area contributed by atoms with E-state index in [2.05, 4.69) is 11.2 Å². The molecule has 0 aliphatic heterocycles. The monoisotopic (exact) mass is 311 g/mol. The molecular formula is C18H21N3O2. The first-order valence-electron chi connectivity index (χ1n) is 8.23. The molecule has 120 valence electrons. The Morgan fingerprint density at radius 1 is 1.17 bits per heavy atom. The van der Waals surface area contributed by atoms with Gasteiger partial charge in [0.2, 0.25) is 0 Å². The maximum atomic E-state index is 12.2. The molecule has 1 aromatic carbocycles. The SMILES string of the molecule is CON(C)C(=O)c1ccn(-c2c3c(cc4c2CCC4)CCC3)n1. The molecule has 0 N–H and O–H groups in total. The van der Waals surface area contributed by atoms with Gasteiger partial charge in [-0.25, -0.2) is 9.75 Å². The fourth-order valence-electron chi connectivity index (χ4n) is 3.87. The number of aryl methyl sites for hydroxylation is 2. The summed E-state index contributed by atoms with van der Waals surface area (Å²) >= 11 is 0. The van der Waals surface area contributed by atoms with Gasteiger partial charge in [0, 0.05) is 13.2 Å². The number of aromatic nitrogens is 2. The fourth-order valence-corrected chi connectivity index (χ4v) is 3.87. The Hall–Kier alpha value is -2.14. The number of carbonyl (C=O) groups excluding carboxylic acids is 1. The number of hydrogen-bond donors (Lipinski definition) is 0. The van der Waals surface area contributed by atoms with Crippen molar-refractivity contribution in [2.45, 2.75) is 38.5 Å². The van der Waals surface area contributed by atoms with E-state index in [9.17, 15) is 4.79 Å². The van der Waals surface area contributed by atoms with Crippen LogP contribution in [0.1, 0.15) is 45.6 Å². The summed E-state index contributed by atoms with van der Waals surface area (Å²) in [6.45, 7) is 0. The molecule has 0 radical (unpaired) electrons. The Bertz CT molecular complexity index is 747. The van der Waals surface area contributed by atoms with Crippen LogP contribution in [0.15, 0.2) is 18.3 Å². The lowest BCUT2D eigenvalue weighted by Crippen LogP contribution is -2.26. The summed E-state index contributed by atoms with van der Waals surface area (Å²) in [4.78, 5) is 17.2. The van der Waals surface area contributed by atoms with Gasteiger partial charge in [-0.05, 0) is 66.8 Å². The molecule has 0 spiro atoms. The van der Waals surface area contributed by atoms with Crippen LogP contribution < -0.4 is 0 Å². The van der Waals surface area contributed by atoms with Crippen LogP contribution in [0.25, 0.3) is 5.69 Å². The maximum absolute atomic E-state index is 12.2. The molecule has 0 saturated heterocycles. The summed E-state index contributed by atoms with van der Waals surface area (Å²) in [6, 6.07) is 4.18. The molecule has 1 heterocycles. The van der Waals surface area contributed by atoms with Crippen molar-refractivity contribution in [1.29, 1.82) is 0 Å². The van der Waals surface area contributed by atoms with Crippen LogP contribution in [0.5, 0.6) is 0 Å². The Labute approximate surface area is 135 Å². The van der Waals surface area contributed by atoms with Gasteiger partial charge in [-0.2, -0.15) is 5.10 Å². The number of amides is 1. The Morgan fingerprint density at radius 3 is 2.43 bits per heavy atom. The molecule has 1 aromatic heterocycles. The largest absolute Gasteiger partial charge is 0.297 e. The first-order chi connectivity index (χ1) is 11.2. The standard InChI is InChI=1S/C18H21N3O2/c1-20(23-2)18(22)16-9-10-21(19-16)17-14-7-3-5-12(14)11-13-6-4-8-15(13)17/h9-11H,3-8H2,1-2H3. The third-order valence-corrected chi connectivity index (χ3v) is 5.04. The van der Waals surface area contributed by atoms with Crippen molar-refractivity contribution in [2.75, 3.05) is 14.2 Å². The molecule has 5 heteroatoms. The highest BCUT2D eigenvalue weighted by atomic mass is 16.7. The molecule has 23 heavy (non-hydrogen) atoms. The first-order valence-corrected chi connectivity index (χ1v) is 8.23. The van der Waals surface area contributed by atoms with E-state index in [-0.39, 0.29) is 5.91 Å². The van der Waals surface area contributed by atoms with Crippen molar-refractivity contribution in [3.63, 3.8) is 0 Å². The highest BCUT2D eigenvalue weighted by molar-refractivity contribution is 5.91. The van der Waals surface area contributed by atoms with E-state index in [0.717, 1.165) is 25.7 Å². The normalized spacial score (nSPS) is 15.6. The Morgan fingerprint density at radius 2 is 1.83 bits per heavy atom. The smallest absolute Gasteiger partial charge is 0.274 e. The Balaban J connectivity index is 1.80. The van der Waals surface area contributed by atoms with Crippen LogP contribution in [0, 0.1) is 0 Å². The van der Waals surface area contributed by atoms with Gasteiger partial charge >= 0.3 is 0 Å². The second-order valence-corrected chi connectivity index (χ2v) is 6.34. The van der Waals surface area contributed by atoms with Gasteiger partial charge in [-0.15, -0.1) is 0 Å². The summed E-state index contributed by atoms with van der Waals surface area (Å²) in [7, 11) is 3.07. The number of hydrogen-bond acceptors (Lipinski definition) is 3. The summed E-state index contributed by atoms with van der Waals surface area (Å²) in [5.74, 6) is -0.226. The van der Waals surface area contributed by atoms with Crippen LogP contribution in [0.4, 0.5) is 0 Å². The van der Waals surface area contributed by atoms with Gasteiger partial charge in [-0.1, -0.05) is 6.07 Å². The summed E-state index contributed by atoms with van der Waals surface area (Å²) in [6.07, 6.45) is 8.88. The summed E-state index contributed by atoms with van der Waals surface area (Å²) in [5.41, 5.74) is 7.43. The second-order valence-electron chi connectivity index (χ2n) is 6.34. The highest BCUT2D eigenvalue weighted by Gasteiger charge is 2.26. The molecule has 0 unspecified atom stereocenters. The van der Waals surface area contributed by atoms with E-state index in [1.165, 1.54) is 53.0 Å². The quantitative estimate of drug-likeness (QED) is 0.818. The molecular weight excluding hydrogens is 290 g/mol. The number of rotatable bonds is 3. The molecule has 0 bridgehead atoms. The molecule has 0 fully saturated rings. The third kappa shape index (κ3) is 2.27. The third-order valence-electron chi connectivity index (χ3n) is 5.04. The van der Waals surface area contributed by atoms with E-state index >= 15 is 0 Å². The van der Waals surface area contributed by atoms with Crippen LogP contribution in [-0.4, -0.2) is 34.9 Å². The Kier molecular flexibility index (Phi) is 3.45. The number of fused-ring (bicyclic) bond motifs is 2. The van der Waals surface area contributed by atoms with Crippen molar-refractivity contribution in [1.82, 2.24) is 14.8 Å². The molecule has 2 aromatic rings. The van der Waals surface area contributed by atoms with Crippen molar-refractivity contribution >= 4 is 5.91 Å². The van der Waals surface area contributed by atoms with Crippen molar-refractivity contribution in [3.8, 4) is 5.69 Å². The summed E-state index contributed by atoms with van der Waals surface area (Å²) in [5, 5.41) is 5.75. The zero-order chi connectivity index (χ0) is 16.0. The molecule has 2 aliphatic carbocycles. The highest BCUT2D eigenvalue weighted by Crippen LogP contribution is 2.37. The minimum atomic E-state index is -0.226. The van der Waals surface area contributed by atoms with Crippen molar-refractivity contribution in [3.05, 3.63) is 46.3 Å². The number of benzene rings is 1. The van der Waals surface area contributed by atoms with Crippen LogP contribution >= 0.6 is 0 Å². The first kappa shape index (κ1) is 14.5. The van der Waals surface area contributed by atoms with E-state index in [4.69, 9.17) is 4.84 Å². The summed E-state index contributed by atoms with van der Waals surface area (Å²) < 4.78 is 1.91. The topological polar surface area (TPSA) is 47.4 Å². The molecule has 0 saturated carbocycles. The van der Waals surface area contributed by atoms with Gasteiger partial charge in [0.05, 0.1) is 12.8 Å². The minimum absolute atomic E-state index is 0.226. The van der Waals surface area contributed by atoms with E-state index < -0.39 is 0 Å². The maximum Gasteiger partial charge on any atom is 0.297 e. The van der Waals surface area contributed by atoms with Crippen LogP contribution in [0.2, 0.25) is 0 Å². The van der Waals surface area contributed by atoms with Gasteiger partial charge in [0.15, 0.2) is 5.69 Å². The van der Waals surface area contributed by atoms with Crippen molar-refractivity contribution in [2.24, 2.45) is 0 Å². The van der Waals surface area contributed by atoms with Crippen molar-refractivity contribution < 1.29 is 9.63 Å². The molecule has 4 rings (SSSR count). The van der Waals surface area contributed by atoms with Gasteiger partial charge in [0.25, 0.3) is 5.91 Å². The second kappa shape index (κ2) is 5.49. The average Bonchev–Trinajstić information content (AvgIpc) is 3.29. The van der Waals surface area contributed by atoms with E-state index in [1.54, 1.807) is 13.1 Å². The minimum Gasteiger partial charge on any atom is -0.274 e. The molecule has 1 amide bonds. The van der Waals surface area contributed by atoms with E-state index in [0.29, 0.717) is 5.69 Å². The number of carbonyl (C=O) groups is 1.